The van der Waals surface area contributed by atoms with Crippen molar-refractivity contribution in [3.8, 4) is 0 Å². The highest BCUT2D eigenvalue weighted by atomic mass is 15.4. The van der Waals surface area contributed by atoms with Crippen LogP contribution in [-0.4, -0.2) is 16.3 Å². The number of hydrogen-bond donors (Lipinski definition) is 2. The summed E-state index contributed by atoms with van der Waals surface area (Å²) in [6, 6.07) is 6.42. The molecule has 1 aromatic carbocycles. The van der Waals surface area contributed by atoms with E-state index in [1.54, 1.807) is 0 Å². The van der Waals surface area contributed by atoms with Gasteiger partial charge in [0.05, 0.1) is 11.6 Å². The SMILES string of the molecule is CC(C)C1CCNc2c3ccc(N)cc3nn21. The third kappa shape index (κ3) is 1.55. The van der Waals surface area contributed by atoms with Gasteiger partial charge in [-0.05, 0) is 30.5 Å². The van der Waals surface area contributed by atoms with Gasteiger partial charge in [0.15, 0.2) is 0 Å². The number of fused-ring (bicyclic) bond motifs is 3. The summed E-state index contributed by atoms with van der Waals surface area (Å²) in [6.45, 7) is 5.52. The Morgan fingerprint density at radius 2 is 2.29 bits per heavy atom. The molecule has 90 valence electrons. The van der Waals surface area contributed by atoms with Crippen LogP contribution in [0.15, 0.2) is 18.2 Å². The molecule has 0 spiro atoms. The molecule has 0 fully saturated rings. The second-order valence-corrected chi connectivity index (χ2v) is 5.10. The zero-order valence-corrected chi connectivity index (χ0v) is 10.3. The van der Waals surface area contributed by atoms with Crippen LogP contribution in [-0.2, 0) is 0 Å². The van der Waals surface area contributed by atoms with Crippen LogP contribution in [0.1, 0.15) is 26.3 Å². The van der Waals surface area contributed by atoms with Crippen LogP contribution in [0.5, 0.6) is 0 Å². The van der Waals surface area contributed by atoms with Crippen molar-refractivity contribution in [2.24, 2.45) is 5.92 Å². The molecule has 3 rings (SSSR count). The highest BCUT2D eigenvalue weighted by Crippen LogP contribution is 2.34. The van der Waals surface area contributed by atoms with Crippen LogP contribution in [0.2, 0.25) is 0 Å². The lowest BCUT2D eigenvalue weighted by Crippen LogP contribution is -2.26. The monoisotopic (exact) mass is 230 g/mol. The third-order valence-corrected chi connectivity index (χ3v) is 3.54. The van der Waals surface area contributed by atoms with Gasteiger partial charge in [-0.2, -0.15) is 5.10 Å². The van der Waals surface area contributed by atoms with E-state index in [0.717, 1.165) is 30.0 Å². The lowest BCUT2D eigenvalue weighted by Gasteiger charge is -2.28. The quantitative estimate of drug-likeness (QED) is 0.740. The van der Waals surface area contributed by atoms with Crippen molar-refractivity contribution < 1.29 is 0 Å². The van der Waals surface area contributed by atoms with Gasteiger partial charge in [0.25, 0.3) is 0 Å². The molecule has 0 saturated heterocycles. The molecule has 17 heavy (non-hydrogen) atoms. The Bertz CT molecular complexity index is 556. The predicted molar refractivity (Wildman–Crippen MR) is 71.1 cm³/mol. The van der Waals surface area contributed by atoms with Gasteiger partial charge >= 0.3 is 0 Å². The highest BCUT2D eigenvalue weighted by molar-refractivity contribution is 5.92. The van der Waals surface area contributed by atoms with Crippen molar-refractivity contribution >= 4 is 22.4 Å². The Kier molecular flexibility index (Phi) is 2.24. The van der Waals surface area contributed by atoms with Crippen LogP contribution >= 0.6 is 0 Å². The second kappa shape index (κ2) is 3.65. The maximum Gasteiger partial charge on any atom is 0.132 e. The van der Waals surface area contributed by atoms with Crippen LogP contribution in [0.4, 0.5) is 11.5 Å². The molecule has 4 nitrogen and oxygen atoms in total. The van der Waals surface area contributed by atoms with Crippen LogP contribution in [0.3, 0.4) is 0 Å². The molecule has 1 aliphatic heterocycles. The Labute approximate surface area is 101 Å². The molecule has 0 aliphatic carbocycles. The molecule has 0 bridgehead atoms. The fraction of sp³-hybridized carbons (Fsp3) is 0.462. The number of anilines is 2. The molecule has 1 unspecified atom stereocenters. The molecule has 2 heterocycles. The predicted octanol–water partition coefficient (Wildman–Crippen LogP) is 2.63. The second-order valence-electron chi connectivity index (χ2n) is 5.10. The highest BCUT2D eigenvalue weighted by Gasteiger charge is 2.25. The van der Waals surface area contributed by atoms with E-state index < -0.39 is 0 Å². The first kappa shape index (κ1) is 10.4. The summed E-state index contributed by atoms with van der Waals surface area (Å²) in [5.41, 5.74) is 7.56. The first-order valence-corrected chi connectivity index (χ1v) is 6.18. The van der Waals surface area contributed by atoms with Crippen molar-refractivity contribution in [3.05, 3.63) is 18.2 Å². The summed E-state index contributed by atoms with van der Waals surface area (Å²) in [5, 5.41) is 9.31. The minimum absolute atomic E-state index is 0.486. The zero-order chi connectivity index (χ0) is 12.0. The van der Waals surface area contributed by atoms with Gasteiger partial charge < -0.3 is 11.1 Å². The topological polar surface area (TPSA) is 55.9 Å². The van der Waals surface area contributed by atoms with E-state index in [1.165, 1.54) is 5.39 Å². The van der Waals surface area contributed by atoms with E-state index in [0.29, 0.717) is 12.0 Å². The van der Waals surface area contributed by atoms with E-state index in [1.807, 2.05) is 12.1 Å². The molecule has 0 radical (unpaired) electrons. The van der Waals surface area contributed by atoms with Gasteiger partial charge in [0.2, 0.25) is 0 Å². The fourth-order valence-corrected chi connectivity index (χ4v) is 2.61. The van der Waals surface area contributed by atoms with E-state index in [2.05, 4.69) is 29.9 Å². The van der Waals surface area contributed by atoms with Gasteiger partial charge in [-0.15, -0.1) is 0 Å². The summed E-state index contributed by atoms with van der Waals surface area (Å²) in [6.07, 6.45) is 1.13. The average Bonchev–Trinajstić information content (AvgIpc) is 2.65. The van der Waals surface area contributed by atoms with Crippen molar-refractivity contribution in [2.45, 2.75) is 26.3 Å². The van der Waals surface area contributed by atoms with E-state index in [4.69, 9.17) is 10.8 Å². The number of hydrogen-bond acceptors (Lipinski definition) is 3. The fourth-order valence-electron chi connectivity index (χ4n) is 2.61. The number of rotatable bonds is 1. The van der Waals surface area contributed by atoms with Gasteiger partial charge in [-0.3, -0.25) is 0 Å². The lowest BCUT2D eigenvalue weighted by molar-refractivity contribution is 0.325. The molecule has 1 aromatic heterocycles. The number of nitrogens with zero attached hydrogens (tertiary/aromatic N) is 2. The molecule has 0 amide bonds. The van der Waals surface area contributed by atoms with Crippen LogP contribution < -0.4 is 11.1 Å². The van der Waals surface area contributed by atoms with Gasteiger partial charge in [-0.1, -0.05) is 13.8 Å². The van der Waals surface area contributed by atoms with E-state index in [9.17, 15) is 0 Å². The van der Waals surface area contributed by atoms with Crippen molar-refractivity contribution in [1.82, 2.24) is 9.78 Å². The Balaban J connectivity index is 2.21. The van der Waals surface area contributed by atoms with Crippen LogP contribution in [0, 0.1) is 5.92 Å². The lowest BCUT2D eigenvalue weighted by atomic mass is 10.00. The number of nitrogens with two attached hydrogens (primary N) is 1. The summed E-state index contributed by atoms with van der Waals surface area (Å²) in [5.74, 6) is 1.74. The Hall–Kier alpha value is -1.71. The van der Waals surface area contributed by atoms with Crippen molar-refractivity contribution in [1.29, 1.82) is 0 Å². The third-order valence-electron chi connectivity index (χ3n) is 3.54. The molecule has 4 heteroatoms. The van der Waals surface area contributed by atoms with Crippen molar-refractivity contribution in [2.75, 3.05) is 17.6 Å². The number of aromatic nitrogens is 2. The normalized spacial score (nSPS) is 19.4. The summed E-state index contributed by atoms with van der Waals surface area (Å²) in [4.78, 5) is 0. The maximum absolute atomic E-state index is 5.81. The average molecular weight is 230 g/mol. The molecule has 1 atom stereocenters. The summed E-state index contributed by atoms with van der Waals surface area (Å²) >= 11 is 0. The standard InChI is InChI=1S/C13H18N4/c1-8(2)12-5-6-15-13-10-4-3-9(14)7-11(10)16-17(12)13/h3-4,7-8,12,15H,5-6,14H2,1-2H3. The smallest absolute Gasteiger partial charge is 0.132 e. The number of nitrogen functional groups attached to an aromatic ring is 1. The Morgan fingerprint density at radius 3 is 3.06 bits per heavy atom. The summed E-state index contributed by atoms with van der Waals surface area (Å²) in [7, 11) is 0. The minimum Gasteiger partial charge on any atom is -0.399 e. The molecule has 3 N–H and O–H groups in total. The Morgan fingerprint density at radius 1 is 1.47 bits per heavy atom. The first-order valence-electron chi connectivity index (χ1n) is 6.18. The van der Waals surface area contributed by atoms with E-state index >= 15 is 0 Å². The van der Waals surface area contributed by atoms with E-state index in [-0.39, 0.29) is 0 Å². The molecule has 1 aliphatic rings. The molecular weight excluding hydrogens is 212 g/mol. The maximum atomic E-state index is 5.81. The first-order chi connectivity index (χ1) is 8.16. The summed E-state index contributed by atoms with van der Waals surface area (Å²) < 4.78 is 2.14. The molecular formula is C13H18N4. The van der Waals surface area contributed by atoms with Gasteiger partial charge in [-0.25, -0.2) is 4.68 Å². The molecule has 2 aromatic rings. The minimum atomic E-state index is 0.486. The van der Waals surface area contributed by atoms with Gasteiger partial charge in [0, 0.05) is 17.6 Å². The van der Waals surface area contributed by atoms with Gasteiger partial charge in [0.1, 0.15) is 5.82 Å². The zero-order valence-electron chi connectivity index (χ0n) is 10.3. The number of nitrogens with one attached hydrogen (secondary N) is 1. The molecule has 0 saturated carbocycles. The van der Waals surface area contributed by atoms with Crippen molar-refractivity contribution in [3.63, 3.8) is 0 Å². The van der Waals surface area contributed by atoms with Crippen LogP contribution in [0.25, 0.3) is 10.9 Å². The number of benzene rings is 1. The largest absolute Gasteiger partial charge is 0.399 e.